The van der Waals surface area contributed by atoms with E-state index in [-0.39, 0.29) is 6.29 Å². The second kappa shape index (κ2) is 7.46. The maximum atomic E-state index is 6.04. The van der Waals surface area contributed by atoms with Gasteiger partial charge in [0.15, 0.2) is 6.29 Å². The summed E-state index contributed by atoms with van der Waals surface area (Å²) in [5.74, 6) is 0.543. The van der Waals surface area contributed by atoms with Gasteiger partial charge in [-0.15, -0.1) is 0 Å². The average Bonchev–Trinajstić information content (AvgIpc) is 2.47. The third kappa shape index (κ3) is 4.19. The van der Waals surface area contributed by atoms with Gasteiger partial charge in [0.05, 0.1) is 12.7 Å². The molecule has 1 fully saturated rings. The smallest absolute Gasteiger partial charge is 0.177 e. The molecule has 0 aliphatic carbocycles. The maximum absolute atomic E-state index is 6.04. The fourth-order valence-electron chi connectivity index (χ4n) is 2.47. The van der Waals surface area contributed by atoms with Crippen molar-refractivity contribution in [2.75, 3.05) is 6.61 Å². The van der Waals surface area contributed by atoms with Crippen LogP contribution in [0.15, 0.2) is 36.4 Å². The van der Waals surface area contributed by atoms with Crippen LogP contribution in [0.1, 0.15) is 38.7 Å². The molecule has 2 heteroatoms. The Hall–Kier alpha value is -1.12. The van der Waals surface area contributed by atoms with Crippen molar-refractivity contribution in [3.8, 4) is 0 Å². The van der Waals surface area contributed by atoms with Crippen LogP contribution in [0.25, 0.3) is 6.08 Å². The number of hydrogen-bond donors (Lipinski definition) is 0. The quantitative estimate of drug-likeness (QED) is 0.787. The predicted molar refractivity (Wildman–Crippen MR) is 78.8 cm³/mol. The van der Waals surface area contributed by atoms with Crippen LogP contribution in [-0.2, 0) is 9.47 Å². The summed E-state index contributed by atoms with van der Waals surface area (Å²) in [6.45, 7) is 5.23. The van der Waals surface area contributed by atoms with Gasteiger partial charge in [-0.05, 0) is 24.5 Å². The topological polar surface area (TPSA) is 18.5 Å². The summed E-state index contributed by atoms with van der Waals surface area (Å²) in [7, 11) is 0. The lowest BCUT2D eigenvalue weighted by atomic mass is 9.96. The van der Waals surface area contributed by atoms with Crippen molar-refractivity contribution in [2.45, 2.75) is 45.5 Å². The second-order valence-corrected chi connectivity index (χ2v) is 5.10. The molecule has 0 radical (unpaired) electrons. The van der Waals surface area contributed by atoms with Crippen molar-refractivity contribution in [1.29, 1.82) is 0 Å². The van der Waals surface area contributed by atoms with Crippen LogP contribution < -0.4 is 0 Å². The minimum atomic E-state index is -0.195. The summed E-state index contributed by atoms with van der Waals surface area (Å²) in [5, 5.41) is 0. The van der Waals surface area contributed by atoms with Gasteiger partial charge in [0, 0.05) is 5.92 Å². The molecule has 2 rings (SSSR count). The van der Waals surface area contributed by atoms with Gasteiger partial charge in [-0.25, -0.2) is 0 Å². The van der Waals surface area contributed by atoms with Crippen molar-refractivity contribution >= 4 is 6.08 Å². The Morgan fingerprint density at radius 2 is 2.00 bits per heavy atom. The molecule has 0 aromatic heterocycles. The van der Waals surface area contributed by atoms with Gasteiger partial charge >= 0.3 is 0 Å². The molecule has 104 valence electrons. The van der Waals surface area contributed by atoms with Crippen LogP contribution in [0.2, 0.25) is 0 Å². The molecule has 3 atom stereocenters. The lowest BCUT2D eigenvalue weighted by Crippen LogP contribution is -2.38. The number of ether oxygens (including phenoxy) is 2. The molecular formula is C17H24O2. The molecular weight excluding hydrogens is 236 g/mol. The summed E-state index contributed by atoms with van der Waals surface area (Å²) in [6.07, 6.45) is 7.64. The van der Waals surface area contributed by atoms with Gasteiger partial charge in [-0.3, -0.25) is 0 Å². The SMILES string of the molecule is CCCC1OC(C=Cc2ccccc2)OCC1CC. The van der Waals surface area contributed by atoms with Crippen molar-refractivity contribution in [3.05, 3.63) is 42.0 Å². The molecule has 1 aliphatic heterocycles. The third-order valence-corrected chi connectivity index (χ3v) is 3.65. The molecule has 0 bridgehead atoms. The van der Waals surface area contributed by atoms with Gasteiger partial charge in [0.2, 0.25) is 0 Å². The van der Waals surface area contributed by atoms with E-state index in [1.165, 1.54) is 5.56 Å². The van der Waals surface area contributed by atoms with Crippen LogP contribution >= 0.6 is 0 Å². The van der Waals surface area contributed by atoms with E-state index >= 15 is 0 Å². The molecule has 0 saturated carbocycles. The van der Waals surface area contributed by atoms with E-state index in [9.17, 15) is 0 Å². The zero-order valence-corrected chi connectivity index (χ0v) is 11.9. The molecule has 19 heavy (non-hydrogen) atoms. The molecule has 1 aromatic carbocycles. The Kier molecular flexibility index (Phi) is 5.62. The van der Waals surface area contributed by atoms with Gasteiger partial charge in [-0.2, -0.15) is 0 Å². The molecule has 2 nitrogen and oxygen atoms in total. The first-order valence-electron chi connectivity index (χ1n) is 7.33. The zero-order valence-electron chi connectivity index (χ0n) is 11.9. The lowest BCUT2D eigenvalue weighted by molar-refractivity contribution is -0.214. The molecule has 1 aromatic rings. The highest BCUT2D eigenvalue weighted by Gasteiger charge is 2.28. The Morgan fingerprint density at radius 1 is 1.21 bits per heavy atom. The number of benzene rings is 1. The van der Waals surface area contributed by atoms with Gasteiger partial charge < -0.3 is 9.47 Å². The first-order valence-corrected chi connectivity index (χ1v) is 7.33. The van der Waals surface area contributed by atoms with Gasteiger partial charge in [-0.1, -0.05) is 56.7 Å². The lowest BCUT2D eigenvalue weighted by Gasteiger charge is -2.35. The first-order chi connectivity index (χ1) is 9.33. The maximum Gasteiger partial charge on any atom is 0.177 e. The van der Waals surface area contributed by atoms with Crippen LogP contribution in [0.5, 0.6) is 0 Å². The minimum absolute atomic E-state index is 0.195. The van der Waals surface area contributed by atoms with Crippen molar-refractivity contribution in [1.82, 2.24) is 0 Å². The summed E-state index contributed by atoms with van der Waals surface area (Å²) >= 11 is 0. The monoisotopic (exact) mass is 260 g/mol. The van der Waals surface area contributed by atoms with Crippen LogP contribution in [0, 0.1) is 5.92 Å². The standard InChI is InChI=1S/C17H24O2/c1-3-8-16-15(4-2)13-18-17(19-16)12-11-14-9-6-5-7-10-14/h5-7,9-12,15-17H,3-4,8,13H2,1-2H3. The first kappa shape index (κ1) is 14.3. The van der Waals surface area contributed by atoms with Crippen molar-refractivity contribution in [3.63, 3.8) is 0 Å². The summed E-state index contributed by atoms with van der Waals surface area (Å²) in [4.78, 5) is 0. The Morgan fingerprint density at radius 3 is 2.68 bits per heavy atom. The van der Waals surface area contributed by atoms with E-state index in [1.807, 2.05) is 24.3 Å². The van der Waals surface area contributed by atoms with Crippen LogP contribution in [0.4, 0.5) is 0 Å². The predicted octanol–water partition coefficient (Wildman–Crippen LogP) is 4.27. The largest absolute Gasteiger partial charge is 0.349 e. The summed E-state index contributed by atoms with van der Waals surface area (Å²) < 4.78 is 11.8. The molecule has 1 saturated heterocycles. The highest BCUT2D eigenvalue weighted by Crippen LogP contribution is 2.25. The van der Waals surface area contributed by atoms with Crippen molar-refractivity contribution in [2.24, 2.45) is 5.92 Å². The van der Waals surface area contributed by atoms with E-state index in [1.54, 1.807) is 0 Å². The van der Waals surface area contributed by atoms with Gasteiger partial charge in [0.1, 0.15) is 0 Å². The minimum Gasteiger partial charge on any atom is -0.349 e. The molecule has 0 amide bonds. The Labute approximate surface area is 116 Å². The molecule has 0 spiro atoms. The number of rotatable bonds is 5. The third-order valence-electron chi connectivity index (χ3n) is 3.65. The molecule has 0 N–H and O–H groups in total. The average molecular weight is 260 g/mol. The van der Waals surface area contributed by atoms with E-state index in [0.29, 0.717) is 12.0 Å². The van der Waals surface area contributed by atoms with E-state index in [0.717, 1.165) is 25.9 Å². The second-order valence-electron chi connectivity index (χ2n) is 5.10. The Bertz CT molecular complexity index is 386. The summed E-state index contributed by atoms with van der Waals surface area (Å²) in [6, 6.07) is 10.3. The zero-order chi connectivity index (χ0) is 13.5. The number of hydrogen-bond acceptors (Lipinski definition) is 2. The normalized spacial score (nSPS) is 27.8. The van der Waals surface area contributed by atoms with E-state index < -0.39 is 0 Å². The Balaban J connectivity index is 1.93. The summed E-state index contributed by atoms with van der Waals surface area (Å²) in [5.41, 5.74) is 1.18. The van der Waals surface area contributed by atoms with Crippen LogP contribution in [0.3, 0.4) is 0 Å². The van der Waals surface area contributed by atoms with Gasteiger partial charge in [0.25, 0.3) is 0 Å². The van der Waals surface area contributed by atoms with Crippen molar-refractivity contribution < 1.29 is 9.47 Å². The van der Waals surface area contributed by atoms with E-state index in [4.69, 9.17) is 9.47 Å². The molecule has 1 aliphatic rings. The molecule has 3 unspecified atom stereocenters. The fourth-order valence-corrected chi connectivity index (χ4v) is 2.47. The van der Waals surface area contributed by atoms with E-state index in [2.05, 4.69) is 32.1 Å². The molecule has 1 heterocycles. The van der Waals surface area contributed by atoms with Crippen LogP contribution in [-0.4, -0.2) is 19.0 Å². The highest BCUT2D eigenvalue weighted by molar-refractivity contribution is 5.48. The highest BCUT2D eigenvalue weighted by atomic mass is 16.7. The fraction of sp³-hybridized carbons (Fsp3) is 0.529.